The van der Waals surface area contributed by atoms with E-state index in [9.17, 15) is 0 Å². The number of rotatable bonds is 0. The second kappa shape index (κ2) is 4.30. The minimum atomic E-state index is 1.30. The molecule has 0 saturated heterocycles. The summed E-state index contributed by atoms with van der Waals surface area (Å²) in [6.45, 7) is 4.38. The Kier molecular flexibility index (Phi) is 2.64. The monoisotopic (exact) mass is 232 g/mol. The number of hydrogen-bond acceptors (Lipinski definition) is 0. The number of benzene rings is 2. The molecule has 1 aliphatic carbocycles. The van der Waals surface area contributed by atoms with Gasteiger partial charge < -0.3 is 0 Å². The van der Waals surface area contributed by atoms with Crippen LogP contribution in [-0.4, -0.2) is 0 Å². The van der Waals surface area contributed by atoms with Crippen molar-refractivity contribution in [2.24, 2.45) is 0 Å². The molecule has 0 atom stereocenters. The molecule has 0 spiro atoms. The summed E-state index contributed by atoms with van der Waals surface area (Å²) < 4.78 is 0. The van der Waals surface area contributed by atoms with E-state index >= 15 is 0 Å². The molecule has 0 aromatic heterocycles. The van der Waals surface area contributed by atoms with E-state index in [1.165, 1.54) is 33.4 Å². The maximum absolute atomic E-state index is 2.21. The molecule has 0 N–H and O–H groups in total. The predicted molar refractivity (Wildman–Crippen MR) is 79.2 cm³/mol. The summed E-state index contributed by atoms with van der Waals surface area (Å²) in [5, 5.41) is 0. The minimum absolute atomic E-state index is 1.30. The van der Waals surface area contributed by atoms with Gasteiger partial charge in [-0.3, -0.25) is 0 Å². The van der Waals surface area contributed by atoms with Crippen LogP contribution in [0.1, 0.15) is 36.1 Å². The Morgan fingerprint density at radius 3 is 1.56 bits per heavy atom. The van der Waals surface area contributed by atoms with Crippen LogP contribution in [0.4, 0.5) is 0 Å². The molecule has 0 amide bonds. The van der Waals surface area contributed by atoms with Gasteiger partial charge >= 0.3 is 0 Å². The number of hydrogen-bond donors (Lipinski definition) is 0. The molecule has 1 aliphatic rings. The van der Waals surface area contributed by atoms with Gasteiger partial charge in [-0.25, -0.2) is 0 Å². The van der Waals surface area contributed by atoms with Crippen molar-refractivity contribution in [3.8, 4) is 0 Å². The maximum Gasteiger partial charge on any atom is -0.0106 e. The first-order chi connectivity index (χ1) is 8.77. The van der Waals surface area contributed by atoms with Gasteiger partial charge in [-0.05, 0) is 41.7 Å². The van der Waals surface area contributed by atoms with Crippen LogP contribution >= 0.6 is 0 Å². The Bertz CT molecular complexity index is 602. The van der Waals surface area contributed by atoms with Gasteiger partial charge in [0.15, 0.2) is 0 Å². The molecule has 88 valence electrons. The molecule has 18 heavy (non-hydrogen) atoms. The van der Waals surface area contributed by atoms with Gasteiger partial charge in [0.1, 0.15) is 0 Å². The molecular formula is C18H16. The van der Waals surface area contributed by atoms with Crippen molar-refractivity contribution in [3.05, 3.63) is 76.4 Å². The van der Waals surface area contributed by atoms with Crippen LogP contribution in [0, 0.1) is 0 Å². The zero-order chi connectivity index (χ0) is 12.5. The Balaban J connectivity index is 2.39. The van der Waals surface area contributed by atoms with Crippen molar-refractivity contribution in [3.63, 3.8) is 0 Å². The van der Waals surface area contributed by atoms with Crippen molar-refractivity contribution in [2.45, 2.75) is 13.8 Å². The van der Waals surface area contributed by atoms with Crippen molar-refractivity contribution in [2.75, 3.05) is 0 Å². The highest BCUT2D eigenvalue weighted by Gasteiger charge is 2.14. The highest BCUT2D eigenvalue weighted by atomic mass is 14.2. The van der Waals surface area contributed by atoms with Gasteiger partial charge in [-0.2, -0.15) is 0 Å². The first-order valence-corrected chi connectivity index (χ1v) is 6.32. The fourth-order valence-electron chi connectivity index (χ4n) is 2.60. The van der Waals surface area contributed by atoms with E-state index in [2.05, 4.69) is 74.5 Å². The van der Waals surface area contributed by atoms with Gasteiger partial charge in [0.05, 0.1) is 0 Å². The second-order valence-electron chi connectivity index (χ2n) is 4.88. The van der Waals surface area contributed by atoms with Gasteiger partial charge in [-0.15, -0.1) is 0 Å². The largest absolute Gasteiger partial charge is 0.0679 e. The Labute approximate surface area is 108 Å². The maximum atomic E-state index is 2.21. The third-order valence-electron chi connectivity index (χ3n) is 3.40. The van der Waals surface area contributed by atoms with E-state index in [1.54, 1.807) is 0 Å². The summed E-state index contributed by atoms with van der Waals surface area (Å²) in [6.07, 6.45) is 4.42. The van der Waals surface area contributed by atoms with Crippen LogP contribution in [0.3, 0.4) is 0 Å². The topological polar surface area (TPSA) is 0 Å². The first-order valence-electron chi connectivity index (χ1n) is 6.32. The van der Waals surface area contributed by atoms with Crippen molar-refractivity contribution < 1.29 is 0 Å². The van der Waals surface area contributed by atoms with E-state index in [4.69, 9.17) is 0 Å². The molecule has 0 bridgehead atoms. The molecular weight excluding hydrogens is 216 g/mol. The first kappa shape index (κ1) is 11.0. The molecule has 0 unspecified atom stereocenters. The summed E-state index contributed by atoms with van der Waals surface area (Å²) in [7, 11) is 0. The zero-order valence-electron chi connectivity index (χ0n) is 10.8. The van der Waals surface area contributed by atoms with Crippen LogP contribution in [0.25, 0.3) is 17.7 Å². The summed E-state index contributed by atoms with van der Waals surface area (Å²) in [5.41, 5.74) is 7.98. The average Bonchev–Trinajstić information content (AvgIpc) is 2.55. The average molecular weight is 232 g/mol. The fourth-order valence-corrected chi connectivity index (χ4v) is 2.60. The molecule has 0 nitrogen and oxygen atoms in total. The summed E-state index contributed by atoms with van der Waals surface area (Å²) in [5.74, 6) is 0. The van der Waals surface area contributed by atoms with Crippen molar-refractivity contribution in [1.82, 2.24) is 0 Å². The van der Waals surface area contributed by atoms with Gasteiger partial charge in [0.25, 0.3) is 0 Å². The molecule has 0 radical (unpaired) electrons. The summed E-state index contributed by atoms with van der Waals surface area (Å²) in [4.78, 5) is 0. The predicted octanol–water partition coefficient (Wildman–Crippen LogP) is 5.01. The molecule has 0 heteroatoms. The second-order valence-corrected chi connectivity index (χ2v) is 4.88. The quantitative estimate of drug-likeness (QED) is 0.511. The molecule has 0 heterocycles. The van der Waals surface area contributed by atoms with Crippen LogP contribution < -0.4 is 0 Å². The van der Waals surface area contributed by atoms with E-state index in [0.29, 0.717) is 0 Å². The molecule has 2 aromatic rings. The van der Waals surface area contributed by atoms with Gasteiger partial charge in [0, 0.05) is 0 Å². The molecule has 0 saturated carbocycles. The number of allylic oxidation sites excluding steroid dienone is 1. The highest BCUT2D eigenvalue weighted by Crippen LogP contribution is 2.35. The van der Waals surface area contributed by atoms with Crippen molar-refractivity contribution >= 4 is 17.7 Å². The van der Waals surface area contributed by atoms with Gasteiger partial charge in [-0.1, -0.05) is 66.3 Å². The third-order valence-corrected chi connectivity index (χ3v) is 3.40. The Morgan fingerprint density at radius 1 is 0.667 bits per heavy atom. The Hall–Kier alpha value is -2.08. The van der Waals surface area contributed by atoms with Gasteiger partial charge in [0.2, 0.25) is 0 Å². The fraction of sp³-hybridized carbons (Fsp3) is 0.111. The molecule has 2 aromatic carbocycles. The van der Waals surface area contributed by atoms with Crippen LogP contribution in [0.2, 0.25) is 0 Å². The highest BCUT2D eigenvalue weighted by molar-refractivity contribution is 5.94. The van der Waals surface area contributed by atoms with E-state index in [0.717, 1.165) is 0 Å². The van der Waals surface area contributed by atoms with Crippen LogP contribution in [-0.2, 0) is 0 Å². The van der Waals surface area contributed by atoms with E-state index < -0.39 is 0 Å². The van der Waals surface area contributed by atoms with Crippen LogP contribution in [0.15, 0.2) is 54.1 Å². The smallest absolute Gasteiger partial charge is 0.0106 e. The lowest BCUT2D eigenvalue weighted by Gasteiger charge is -2.13. The lowest BCUT2D eigenvalue weighted by atomic mass is 9.90. The molecule has 3 rings (SSSR count). The summed E-state index contributed by atoms with van der Waals surface area (Å²) in [6, 6.07) is 17.2. The van der Waals surface area contributed by atoms with Crippen molar-refractivity contribution in [1.29, 1.82) is 0 Å². The normalized spacial score (nSPS) is 12.7. The lowest BCUT2D eigenvalue weighted by Crippen LogP contribution is -1.93. The zero-order valence-corrected chi connectivity index (χ0v) is 10.8. The molecule has 0 aliphatic heterocycles. The SMILES string of the molecule is CC(C)=C1c2ccccc2C=Cc2ccccc21. The summed E-state index contributed by atoms with van der Waals surface area (Å²) >= 11 is 0. The third kappa shape index (κ3) is 1.70. The minimum Gasteiger partial charge on any atom is -0.0679 e. The van der Waals surface area contributed by atoms with E-state index in [-0.39, 0.29) is 0 Å². The molecule has 0 fully saturated rings. The van der Waals surface area contributed by atoms with E-state index in [1.807, 2.05) is 0 Å². The Morgan fingerprint density at radius 2 is 1.11 bits per heavy atom. The standard InChI is InChI=1S/C18H16/c1-13(2)18-16-9-5-3-7-14(16)11-12-15-8-4-6-10-17(15)18/h3-12H,1-2H3. The lowest BCUT2D eigenvalue weighted by molar-refractivity contribution is 1.37. The number of fused-ring (bicyclic) bond motifs is 2. The van der Waals surface area contributed by atoms with Crippen LogP contribution in [0.5, 0.6) is 0 Å².